The van der Waals surface area contributed by atoms with Crippen LogP contribution in [0.15, 0.2) is 28.7 Å². The maximum absolute atomic E-state index is 11.7. The first-order chi connectivity index (χ1) is 8.66. The lowest BCUT2D eigenvalue weighted by Gasteiger charge is -2.11. The van der Waals surface area contributed by atoms with Crippen LogP contribution < -0.4 is 10.9 Å². The Morgan fingerprint density at radius 3 is 2.56 bits per heavy atom. The molecule has 0 aromatic heterocycles. The van der Waals surface area contributed by atoms with Crippen molar-refractivity contribution in [2.24, 2.45) is 0 Å². The lowest BCUT2D eigenvalue weighted by Crippen LogP contribution is -2.46. The maximum Gasteiger partial charge on any atom is 0.269 e. The topological polar surface area (TPSA) is 67.4 Å². The minimum atomic E-state index is -0.449. The highest BCUT2D eigenvalue weighted by Gasteiger charge is 2.23. The number of hydrazine groups is 1. The second kappa shape index (κ2) is 5.97. The first-order valence-corrected chi connectivity index (χ1v) is 6.43. The number of nitrogens with one attached hydrogen (secondary N) is 2. The summed E-state index contributed by atoms with van der Waals surface area (Å²) in [4.78, 5) is 23.3. The molecule has 1 aliphatic heterocycles. The van der Waals surface area contributed by atoms with Crippen LogP contribution in [0.2, 0.25) is 0 Å². The molecule has 1 aromatic rings. The smallest absolute Gasteiger partial charge is 0.269 e. The van der Waals surface area contributed by atoms with E-state index in [-0.39, 0.29) is 11.8 Å². The van der Waals surface area contributed by atoms with Crippen LogP contribution >= 0.6 is 15.9 Å². The molecule has 5 nitrogen and oxygen atoms in total. The van der Waals surface area contributed by atoms with Gasteiger partial charge in [-0.2, -0.15) is 0 Å². The number of hydrogen-bond donors (Lipinski definition) is 2. The van der Waals surface area contributed by atoms with Gasteiger partial charge in [-0.3, -0.25) is 20.4 Å². The van der Waals surface area contributed by atoms with E-state index in [0.29, 0.717) is 18.6 Å². The Kier molecular flexibility index (Phi) is 4.33. The normalized spacial score (nSPS) is 18.4. The number of amides is 2. The standard InChI is InChI=1S/C12H13BrN2O3/c13-9-5-3-8(4-6-9)11(16)14-15-12(17)10-2-1-7-18-10/h3-6,10H,1-2,7H2,(H,14,16)(H,15,17)/t10-/m1/s1. The minimum Gasteiger partial charge on any atom is -0.368 e. The summed E-state index contributed by atoms with van der Waals surface area (Å²) in [6.07, 6.45) is 1.12. The largest absolute Gasteiger partial charge is 0.368 e. The molecule has 0 aliphatic carbocycles. The predicted octanol–water partition coefficient (Wildman–Crippen LogP) is 1.39. The number of carbonyl (C=O) groups is 2. The summed E-state index contributed by atoms with van der Waals surface area (Å²) in [6, 6.07) is 6.85. The average molecular weight is 313 g/mol. The fourth-order valence-electron chi connectivity index (χ4n) is 1.66. The Morgan fingerprint density at radius 2 is 1.94 bits per heavy atom. The Morgan fingerprint density at radius 1 is 1.22 bits per heavy atom. The van der Waals surface area contributed by atoms with Crippen molar-refractivity contribution in [2.45, 2.75) is 18.9 Å². The van der Waals surface area contributed by atoms with Crippen molar-refractivity contribution in [3.63, 3.8) is 0 Å². The average Bonchev–Trinajstić information content (AvgIpc) is 2.90. The molecule has 96 valence electrons. The van der Waals surface area contributed by atoms with E-state index >= 15 is 0 Å². The second-order valence-corrected chi connectivity index (χ2v) is 4.87. The van der Waals surface area contributed by atoms with Crippen LogP contribution in [0.3, 0.4) is 0 Å². The maximum atomic E-state index is 11.7. The van der Waals surface area contributed by atoms with Crippen molar-refractivity contribution < 1.29 is 14.3 Å². The Labute approximate surface area is 113 Å². The molecule has 1 saturated heterocycles. The minimum absolute atomic E-state index is 0.307. The molecule has 18 heavy (non-hydrogen) atoms. The zero-order valence-corrected chi connectivity index (χ0v) is 11.2. The third-order valence-corrected chi connectivity index (χ3v) is 3.16. The van der Waals surface area contributed by atoms with Crippen LogP contribution in [0.1, 0.15) is 23.2 Å². The van der Waals surface area contributed by atoms with Crippen LogP contribution in [0.4, 0.5) is 0 Å². The van der Waals surface area contributed by atoms with Gasteiger partial charge in [-0.15, -0.1) is 0 Å². The quantitative estimate of drug-likeness (QED) is 0.811. The summed E-state index contributed by atoms with van der Waals surface area (Å²) in [6.45, 7) is 0.596. The van der Waals surface area contributed by atoms with E-state index in [4.69, 9.17) is 4.74 Å². The molecule has 0 spiro atoms. The Hall–Kier alpha value is -1.40. The van der Waals surface area contributed by atoms with Gasteiger partial charge in [-0.05, 0) is 37.1 Å². The number of ether oxygens (including phenoxy) is 1. The van der Waals surface area contributed by atoms with E-state index in [1.807, 2.05) is 0 Å². The predicted molar refractivity (Wildman–Crippen MR) is 68.7 cm³/mol. The third kappa shape index (κ3) is 3.30. The number of halogens is 1. The SMILES string of the molecule is O=C(NNC(=O)[C@H]1CCCO1)c1ccc(Br)cc1. The van der Waals surface area contributed by atoms with E-state index < -0.39 is 6.10 Å². The summed E-state index contributed by atoms with van der Waals surface area (Å²) in [5, 5.41) is 0. The zero-order chi connectivity index (χ0) is 13.0. The molecule has 0 radical (unpaired) electrons. The fourth-order valence-corrected chi connectivity index (χ4v) is 1.92. The first kappa shape index (κ1) is 13.0. The zero-order valence-electron chi connectivity index (χ0n) is 9.61. The molecule has 1 fully saturated rings. The van der Waals surface area contributed by atoms with Gasteiger partial charge in [0.1, 0.15) is 6.10 Å². The van der Waals surface area contributed by atoms with Gasteiger partial charge >= 0.3 is 0 Å². The molecule has 1 aromatic carbocycles. The summed E-state index contributed by atoms with van der Waals surface area (Å²) >= 11 is 3.28. The highest BCUT2D eigenvalue weighted by Crippen LogP contribution is 2.12. The highest BCUT2D eigenvalue weighted by molar-refractivity contribution is 9.10. The van der Waals surface area contributed by atoms with Crippen LogP contribution in [0.25, 0.3) is 0 Å². The van der Waals surface area contributed by atoms with Crippen LogP contribution in [-0.2, 0) is 9.53 Å². The molecule has 6 heteroatoms. The van der Waals surface area contributed by atoms with Gasteiger partial charge in [-0.1, -0.05) is 15.9 Å². The lowest BCUT2D eigenvalue weighted by atomic mass is 10.2. The summed E-state index contributed by atoms with van der Waals surface area (Å²) in [7, 11) is 0. The highest BCUT2D eigenvalue weighted by atomic mass is 79.9. The molecule has 1 atom stereocenters. The van der Waals surface area contributed by atoms with E-state index in [1.54, 1.807) is 24.3 Å². The summed E-state index contributed by atoms with van der Waals surface area (Å²) in [5.41, 5.74) is 5.20. The first-order valence-electron chi connectivity index (χ1n) is 5.64. The lowest BCUT2D eigenvalue weighted by molar-refractivity contribution is -0.130. The van der Waals surface area contributed by atoms with Gasteiger partial charge in [-0.25, -0.2) is 0 Å². The van der Waals surface area contributed by atoms with Crippen LogP contribution in [0.5, 0.6) is 0 Å². The molecule has 1 heterocycles. The molecule has 2 amide bonds. The molecule has 2 rings (SSSR count). The Bertz CT molecular complexity index is 441. The number of rotatable bonds is 2. The van der Waals surface area contributed by atoms with Gasteiger partial charge in [0.05, 0.1) is 0 Å². The van der Waals surface area contributed by atoms with Crippen molar-refractivity contribution in [3.8, 4) is 0 Å². The Balaban J connectivity index is 1.84. The number of benzene rings is 1. The number of hydrogen-bond acceptors (Lipinski definition) is 3. The molecule has 0 unspecified atom stereocenters. The van der Waals surface area contributed by atoms with Crippen molar-refractivity contribution >= 4 is 27.7 Å². The summed E-state index contributed by atoms with van der Waals surface area (Å²) < 4.78 is 6.09. The fraction of sp³-hybridized carbons (Fsp3) is 0.333. The van der Waals surface area contributed by atoms with Crippen LogP contribution in [0, 0.1) is 0 Å². The molecule has 1 aliphatic rings. The molecule has 2 N–H and O–H groups in total. The molecular formula is C12H13BrN2O3. The van der Waals surface area contributed by atoms with Crippen molar-refractivity contribution in [2.75, 3.05) is 6.61 Å². The summed E-state index contributed by atoms with van der Waals surface area (Å²) in [5.74, 6) is -0.660. The van der Waals surface area contributed by atoms with Gasteiger partial charge in [0.25, 0.3) is 11.8 Å². The van der Waals surface area contributed by atoms with Gasteiger partial charge < -0.3 is 4.74 Å². The van der Waals surface area contributed by atoms with E-state index in [9.17, 15) is 9.59 Å². The third-order valence-electron chi connectivity index (χ3n) is 2.63. The van der Waals surface area contributed by atoms with E-state index in [1.165, 1.54) is 0 Å². The van der Waals surface area contributed by atoms with Crippen molar-refractivity contribution in [1.82, 2.24) is 10.9 Å². The van der Waals surface area contributed by atoms with E-state index in [0.717, 1.165) is 10.9 Å². The number of carbonyl (C=O) groups excluding carboxylic acids is 2. The van der Waals surface area contributed by atoms with Gasteiger partial charge in [0.2, 0.25) is 0 Å². The second-order valence-electron chi connectivity index (χ2n) is 3.95. The van der Waals surface area contributed by atoms with Gasteiger partial charge in [0, 0.05) is 16.6 Å². The van der Waals surface area contributed by atoms with Crippen LogP contribution in [-0.4, -0.2) is 24.5 Å². The molecule has 0 bridgehead atoms. The molecular weight excluding hydrogens is 300 g/mol. The van der Waals surface area contributed by atoms with Crippen molar-refractivity contribution in [3.05, 3.63) is 34.3 Å². The monoisotopic (exact) mass is 312 g/mol. The molecule has 0 saturated carbocycles. The van der Waals surface area contributed by atoms with Gasteiger partial charge in [0.15, 0.2) is 0 Å². The van der Waals surface area contributed by atoms with E-state index in [2.05, 4.69) is 26.8 Å². The van der Waals surface area contributed by atoms with Crippen molar-refractivity contribution in [1.29, 1.82) is 0 Å².